The highest BCUT2D eigenvalue weighted by atomic mass is 19.1. The fraction of sp³-hybridized carbons (Fsp3) is 0.500. The maximum absolute atomic E-state index is 13.1. The molecule has 1 aromatic carbocycles. The molecule has 102 valence electrons. The lowest BCUT2D eigenvalue weighted by atomic mass is 10.0. The molecule has 5 heteroatoms. The summed E-state index contributed by atoms with van der Waals surface area (Å²) in [7, 11) is 4.23. The third-order valence-electron chi connectivity index (χ3n) is 3.80. The summed E-state index contributed by atoms with van der Waals surface area (Å²) in [4.78, 5) is 8.83. The molecule has 1 aromatic heterocycles. The van der Waals surface area contributed by atoms with Crippen molar-refractivity contribution in [3.05, 3.63) is 24.0 Å². The Morgan fingerprint density at radius 2 is 2.05 bits per heavy atom. The van der Waals surface area contributed by atoms with Gasteiger partial charge in [-0.05, 0) is 39.1 Å². The molecule has 0 aliphatic carbocycles. The number of rotatable bonds is 2. The van der Waals surface area contributed by atoms with Gasteiger partial charge in [0, 0.05) is 25.2 Å². The van der Waals surface area contributed by atoms with Gasteiger partial charge in [-0.15, -0.1) is 0 Å². The SMILES string of the molecule is CN(C)C1CCN(c2nc3ccc(F)cc3o2)CC1. The topological polar surface area (TPSA) is 32.5 Å². The molecule has 0 spiro atoms. The van der Waals surface area contributed by atoms with Crippen LogP contribution in [0.4, 0.5) is 10.4 Å². The Morgan fingerprint density at radius 3 is 2.74 bits per heavy atom. The molecule has 2 heterocycles. The molecule has 1 saturated heterocycles. The van der Waals surface area contributed by atoms with Crippen molar-refractivity contribution < 1.29 is 8.81 Å². The average Bonchev–Trinajstić information content (AvgIpc) is 2.81. The van der Waals surface area contributed by atoms with Gasteiger partial charge in [0.25, 0.3) is 6.01 Å². The van der Waals surface area contributed by atoms with Crippen molar-refractivity contribution in [3.63, 3.8) is 0 Å². The van der Waals surface area contributed by atoms with E-state index in [1.54, 1.807) is 6.07 Å². The molecule has 1 aliphatic heterocycles. The van der Waals surface area contributed by atoms with Crippen molar-refractivity contribution in [1.82, 2.24) is 9.88 Å². The molecular weight excluding hydrogens is 245 g/mol. The summed E-state index contributed by atoms with van der Waals surface area (Å²) in [6.07, 6.45) is 2.19. The molecule has 1 fully saturated rings. The van der Waals surface area contributed by atoms with Gasteiger partial charge in [0.05, 0.1) is 0 Å². The highest BCUT2D eigenvalue weighted by molar-refractivity contribution is 5.74. The second-order valence-electron chi connectivity index (χ2n) is 5.29. The van der Waals surface area contributed by atoms with Crippen LogP contribution in [0.25, 0.3) is 11.1 Å². The Labute approximate surface area is 111 Å². The van der Waals surface area contributed by atoms with Gasteiger partial charge in [-0.2, -0.15) is 4.98 Å². The summed E-state index contributed by atoms with van der Waals surface area (Å²) < 4.78 is 18.8. The Hall–Kier alpha value is -1.62. The van der Waals surface area contributed by atoms with Gasteiger partial charge in [-0.1, -0.05) is 0 Å². The highest BCUT2D eigenvalue weighted by Crippen LogP contribution is 2.25. The van der Waals surface area contributed by atoms with Gasteiger partial charge < -0.3 is 14.2 Å². The molecule has 0 saturated carbocycles. The third kappa shape index (κ3) is 2.42. The number of hydrogen-bond donors (Lipinski definition) is 0. The van der Waals surface area contributed by atoms with Gasteiger partial charge >= 0.3 is 0 Å². The lowest BCUT2D eigenvalue weighted by Crippen LogP contribution is -2.42. The Bertz CT molecular complexity index is 573. The zero-order valence-electron chi connectivity index (χ0n) is 11.3. The quantitative estimate of drug-likeness (QED) is 0.833. The number of anilines is 1. The number of nitrogens with zero attached hydrogens (tertiary/aromatic N) is 3. The van der Waals surface area contributed by atoms with E-state index in [0.717, 1.165) is 25.9 Å². The first-order chi connectivity index (χ1) is 9.13. The van der Waals surface area contributed by atoms with Crippen LogP contribution < -0.4 is 4.90 Å². The largest absolute Gasteiger partial charge is 0.423 e. The van der Waals surface area contributed by atoms with E-state index in [1.165, 1.54) is 12.1 Å². The first-order valence-electron chi connectivity index (χ1n) is 6.61. The molecule has 0 amide bonds. The van der Waals surface area contributed by atoms with E-state index in [0.29, 0.717) is 23.2 Å². The summed E-state index contributed by atoms with van der Waals surface area (Å²) in [5.74, 6) is -0.290. The van der Waals surface area contributed by atoms with E-state index in [1.807, 2.05) is 0 Å². The molecule has 19 heavy (non-hydrogen) atoms. The van der Waals surface area contributed by atoms with Gasteiger partial charge in [0.1, 0.15) is 11.3 Å². The minimum absolute atomic E-state index is 0.290. The van der Waals surface area contributed by atoms with Crippen LogP contribution in [0.1, 0.15) is 12.8 Å². The van der Waals surface area contributed by atoms with Crippen molar-refractivity contribution in [2.45, 2.75) is 18.9 Å². The predicted molar refractivity (Wildman–Crippen MR) is 72.9 cm³/mol. The van der Waals surface area contributed by atoms with E-state index in [4.69, 9.17) is 4.42 Å². The Balaban J connectivity index is 1.78. The summed E-state index contributed by atoms with van der Waals surface area (Å²) in [6, 6.07) is 5.69. The van der Waals surface area contributed by atoms with E-state index in [9.17, 15) is 4.39 Å². The van der Waals surface area contributed by atoms with Crippen LogP contribution in [0.15, 0.2) is 22.6 Å². The van der Waals surface area contributed by atoms with Crippen LogP contribution >= 0.6 is 0 Å². The van der Waals surface area contributed by atoms with Crippen LogP contribution in [-0.4, -0.2) is 43.1 Å². The summed E-state index contributed by atoms with van der Waals surface area (Å²) >= 11 is 0. The second-order valence-corrected chi connectivity index (χ2v) is 5.29. The molecule has 0 N–H and O–H groups in total. The molecule has 4 nitrogen and oxygen atoms in total. The van der Waals surface area contributed by atoms with Gasteiger partial charge in [0.15, 0.2) is 5.58 Å². The number of aromatic nitrogens is 1. The lowest BCUT2D eigenvalue weighted by Gasteiger charge is -2.34. The smallest absolute Gasteiger partial charge is 0.298 e. The third-order valence-corrected chi connectivity index (χ3v) is 3.80. The Morgan fingerprint density at radius 1 is 1.32 bits per heavy atom. The van der Waals surface area contributed by atoms with E-state index in [-0.39, 0.29) is 5.82 Å². The van der Waals surface area contributed by atoms with Crippen LogP contribution in [0, 0.1) is 5.82 Å². The van der Waals surface area contributed by atoms with Gasteiger partial charge in [0.2, 0.25) is 0 Å². The van der Waals surface area contributed by atoms with Crippen molar-refractivity contribution in [1.29, 1.82) is 0 Å². The molecule has 1 aliphatic rings. The lowest BCUT2D eigenvalue weighted by molar-refractivity contribution is 0.247. The minimum atomic E-state index is -0.290. The van der Waals surface area contributed by atoms with E-state index in [2.05, 4.69) is 28.9 Å². The van der Waals surface area contributed by atoms with Gasteiger partial charge in [-0.3, -0.25) is 0 Å². The van der Waals surface area contributed by atoms with Crippen LogP contribution in [0.5, 0.6) is 0 Å². The number of hydrogen-bond acceptors (Lipinski definition) is 4. The molecule has 3 rings (SSSR count). The minimum Gasteiger partial charge on any atom is -0.423 e. The number of halogens is 1. The number of fused-ring (bicyclic) bond motifs is 1. The summed E-state index contributed by atoms with van der Waals surface area (Å²) in [6.45, 7) is 1.86. The molecule has 0 bridgehead atoms. The summed E-state index contributed by atoms with van der Waals surface area (Å²) in [5, 5.41) is 0. The van der Waals surface area contributed by atoms with E-state index >= 15 is 0 Å². The normalized spacial score (nSPS) is 17.6. The zero-order chi connectivity index (χ0) is 13.4. The zero-order valence-corrected chi connectivity index (χ0v) is 11.3. The van der Waals surface area contributed by atoms with Crippen molar-refractivity contribution in [2.24, 2.45) is 0 Å². The summed E-state index contributed by atoms with van der Waals surface area (Å²) in [5.41, 5.74) is 1.23. The number of benzene rings is 1. The molecule has 0 radical (unpaired) electrons. The molecule has 0 unspecified atom stereocenters. The monoisotopic (exact) mass is 263 g/mol. The van der Waals surface area contributed by atoms with Crippen LogP contribution in [0.3, 0.4) is 0 Å². The fourth-order valence-electron chi connectivity index (χ4n) is 2.60. The maximum atomic E-state index is 13.1. The van der Waals surface area contributed by atoms with Crippen molar-refractivity contribution in [2.75, 3.05) is 32.1 Å². The molecular formula is C14H18FN3O. The molecule has 0 atom stereocenters. The van der Waals surface area contributed by atoms with Crippen LogP contribution in [0.2, 0.25) is 0 Å². The highest BCUT2D eigenvalue weighted by Gasteiger charge is 2.23. The standard InChI is InChI=1S/C14H18FN3O/c1-17(2)11-5-7-18(8-6-11)14-16-12-4-3-10(15)9-13(12)19-14/h3-4,9,11H,5-8H2,1-2H3. The second kappa shape index (κ2) is 4.81. The number of piperidine rings is 1. The van der Waals surface area contributed by atoms with Crippen molar-refractivity contribution >= 4 is 17.1 Å². The predicted octanol–water partition coefficient (Wildman–Crippen LogP) is 2.50. The van der Waals surface area contributed by atoms with Crippen LogP contribution in [-0.2, 0) is 0 Å². The first kappa shape index (κ1) is 12.4. The molecule has 2 aromatic rings. The average molecular weight is 263 g/mol. The Kier molecular flexibility index (Phi) is 3.14. The first-order valence-corrected chi connectivity index (χ1v) is 6.61. The van der Waals surface area contributed by atoms with Crippen molar-refractivity contribution in [3.8, 4) is 0 Å². The fourth-order valence-corrected chi connectivity index (χ4v) is 2.60. The van der Waals surface area contributed by atoms with Gasteiger partial charge in [-0.25, -0.2) is 4.39 Å². The number of oxazole rings is 1. The maximum Gasteiger partial charge on any atom is 0.298 e. The van der Waals surface area contributed by atoms with E-state index < -0.39 is 0 Å².